The molecule has 0 amide bonds. The van der Waals surface area contributed by atoms with Crippen LogP contribution in [0.15, 0.2) is 30.3 Å². The van der Waals surface area contributed by atoms with Gasteiger partial charge in [0.15, 0.2) is 0 Å². The number of nitrogens with zero attached hydrogens (tertiary/aromatic N) is 2. The number of fused-ring (bicyclic) bond motifs is 1. The zero-order valence-corrected chi connectivity index (χ0v) is 10.5. The lowest BCUT2D eigenvalue weighted by molar-refractivity contribution is 0.0589. The summed E-state index contributed by atoms with van der Waals surface area (Å²) in [6.07, 6.45) is 0. The Bertz CT molecular complexity index is 365. The lowest BCUT2D eigenvalue weighted by atomic mass is 10.0. The van der Waals surface area contributed by atoms with Gasteiger partial charge in [0.2, 0.25) is 0 Å². The third-order valence-electron chi connectivity index (χ3n) is 4.02. The molecule has 2 fully saturated rings. The summed E-state index contributed by atoms with van der Waals surface area (Å²) in [5.74, 6) is 0.772. The Morgan fingerprint density at radius 1 is 1.24 bits per heavy atom. The standard InChI is InChI=1S/C14H21N3/c1-12-9-15-17-8-7-16(11-14(12)17)10-13-5-3-2-4-6-13/h2-6,12,14-15H,7-11H2,1H3. The molecule has 2 atom stereocenters. The van der Waals surface area contributed by atoms with E-state index in [0.717, 1.165) is 25.6 Å². The minimum atomic E-state index is 0.701. The van der Waals surface area contributed by atoms with Crippen LogP contribution in [0.25, 0.3) is 0 Å². The van der Waals surface area contributed by atoms with Crippen LogP contribution >= 0.6 is 0 Å². The van der Waals surface area contributed by atoms with Gasteiger partial charge in [0.1, 0.15) is 0 Å². The maximum Gasteiger partial charge on any atom is 0.0409 e. The molecule has 2 aliphatic rings. The Balaban J connectivity index is 1.62. The molecule has 1 aromatic carbocycles. The van der Waals surface area contributed by atoms with Crippen LogP contribution in [-0.4, -0.2) is 42.1 Å². The molecular formula is C14H21N3. The second-order valence-electron chi connectivity index (χ2n) is 5.32. The average molecular weight is 231 g/mol. The molecule has 0 saturated carbocycles. The van der Waals surface area contributed by atoms with Gasteiger partial charge in [0.25, 0.3) is 0 Å². The summed E-state index contributed by atoms with van der Waals surface area (Å²) in [4.78, 5) is 2.58. The van der Waals surface area contributed by atoms with E-state index in [-0.39, 0.29) is 0 Å². The highest BCUT2D eigenvalue weighted by Gasteiger charge is 2.35. The van der Waals surface area contributed by atoms with E-state index in [4.69, 9.17) is 0 Å². The molecule has 3 nitrogen and oxygen atoms in total. The predicted molar refractivity (Wildman–Crippen MR) is 69.4 cm³/mol. The number of piperazine rings is 1. The molecule has 2 heterocycles. The number of hydrogen-bond acceptors (Lipinski definition) is 3. The Hall–Kier alpha value is -0.900. The van der Waals surface area contributed by atoms with Crippen LogP contribution < -0.4 is 5.43 Å². The Labute approximate surface area is 103 Å². The maximum atomic E-state index is 3.50. The molecule has 0 aromatic heterocycles. The van der Waals surface area contributed by atoms with E-state index in [1.165, 1.54) is 18.7 Å². The van der Waals surface area contributed by atoms with Gasteiger partial charge in [-0.05, 0) is 11.5 Å². The molecule has 1 N–H and O–H groups in total. The molecule has 92 valence electrons. The van der Waals surface area contributed by atoms with Gasteiger partial charge in [-0.25, -0.2) is 5.01 Å². The quantitative estimate of drug-likeness (QED) is 0.828. The van der Waals surface area contributed by atoms with Crippen LogP contribution in [0, 0.1) is 5.92 Å². The number of hydrogen-bond donors (Lipinski definition) is 1. The first kappa shape index (κ1) is 11.2. The number of benzene rings is 1. The summed E-state index contributed by atoms with van der Waals surface area (Å²) in [6.45, 7) is 8.11. The van der Waals surface area contributed by atoms with Crippen LogP contribution in [-0.2, 0) is 6.54 Å². The van der Waals surface area contributed by atoms with Crippen LogP contribution in [0.4, 0.5) is 0 Å². The van der Waals surface area contributed by atoms with Crippen molar-refractivity contribution in [3.63, 3.8) is 0 Å². The van der Waals surface area contributed by atoms with Crippen molar-refractivity contribution >= 4 is 0 Å². The van der Waals surface area contributed by atoms with E-state index >= 15 is 0 Å². The molecule has 2 unspecified atom stereocenters. The van der Waals surface area contributed by atoms with Gasteiger partial charge in [-0.15, -0.1) is 0 Å². The number of hydrazine groups is 1. The SMILES string of the molecule is CC1CNN2CCN(Cc3ccccc3)CC12. The van der Waals surface area contributed by atoms with E-state index in [9.17, 15) is 0 Å². The fraction of sp³-hybridized carbons (Fsp3) is 0.571. The van der Waals surface area contributed by atoms with E-state index in [0.29, 0.717) is 6.04 Å². The van der Waals surface area contributed by atoms with Crippen LogP contribution in [0.1, 0.15) is 12.5 Å². The largest absolute Gasteiger partial charge is 0.296 e. The smallest absolute Gasteiger partial charge is 0.0409 e. The van der Waals surface area contributed by atoms with Gasteiger partial charge in [0, 0.05) is 38.8 Å². The summed E-state index contributed by atoms with van der Waals surface area (Å²) in [7, 11) is 0. The maximum absolute atomic E-state index is 3.50. The molecule has 3 rings (SSSR count). The van der Waals surface area contributed by atoms with Gasteiger partial charge in [-0.2, -0.15) is 0 Å². The zero-order chi connectivity index (χ0) is 11.7. The molecular weight excluding hydrogens is 210 g/mol. The van der Waals surface area contributed by atoms with Gasteiger partial charge >= 0.3 is 0 Å². The predicted octanol–water partition coefficient (Wildman–Crippen LogP) is 1.33. The van der Waals surface area contributed by atoms with E-state index in [1.807, 2.05) is 0 Å². The molecule has 1 aromatic rings. The third kappa shape index (κ3) is 2.37. The first-order valence-electron chi connectivity index (χ1n) is 6.59. The summed E-state index contributed by atoms with van der Waals surface area (Å²) in [5, 5.41) is 2.44. The van der Waals surface area contributed by atoms with Crippen molar-refractivity contribution in [1.29, 1.82) is 0 Å². The lowest BCUT2D eigenvalue weighted by Crippen LogP contribution is -2.53. The third-order valence-corrected chi connectivity index (χ3v) is 4.02. The van der Waals surface area contributed by atoms with Crippen molar-refractivity contribution in [3.05, 3.63) is 35.9 Å². The van der Waals surface area contributed by atoms with E-state index in [1.54, 1.807) is 0 Å². The van der Waals surface area contributed by atoms with E-state index in [2.05, 4.69) is 52.6 Å². The topological polar surface area (TPSA) is 18.5 Å². The minimum Gasteiger partial charge on any atom is -0.296 e. The highest BCUT2D eigenvalue weighted by molar-refractivity contribution is 5.14. The van der Waals surface area contributed by atoms with Gasteiger partial charge in [0.05, 0.1) is 0 Å². The number of nitrogens with one attached hydrogen (secondary N) is 1. The van der Waals surface area contributed by atoms with Crippen LogP contribution in [0.5, 0.6) is 0 Å². The van der Waals surface area contributed by atoms with Crippen molar-refractivity contribution in [2.24, 2.45) is 5.92 Å². The molecule has 2 saturated heterocycles. The second-order valence-corrected chi connectivity index (χ2v) is 5.32. The van der Waals surface area contributed by atoms with Crippen LogP contribution in [0.3, 0.4) is 0 Å². The summed E-state index contributed by atoms with van der Waals surface area (Å²) < 4.78 is 0. The highest BCUT2D eigenvalue weighted by atomic mass is 15.6. The second kappa shape index (κ2) is 4.77. The first-order valence-corrected chi connectivity index (χ1v) is 6.59. The Kier molecular flexibility index (Phi) is 3.14. The molecule has 0 aliphatic carbocycles. The van der Waals surface area contributed by atoms with Crippen molar-refractivity contribution in [2.45, 2.75) is 19.5 Å². The average Bonchev–Trinajstić information content (AvgIpc) is 2.73. The van der Waals surface area contributed by atoms with Crippen molar-refractivity contribution in [3.8, 4) is 0 Å². The summed E-state index contributed by atoms with van der Waals surface area (Å²) in [6, 6.07) is 11.5. The normalized spacial score (nSPS) is 30.4. The van der Waals surface area contributed by atoms with Crippen molar-refractivity contribution in [2.75, 3.05) is 26.2 Å². The fourth-order valence-corrected chi connectivity index (χ4v) is 2.94. The van der Waals surface area contributed by atoms with Gasteiger partial charge < -0.3 is 0 Å². The highest BCUT2D eigenvalue weighted by Crippen LogP contribution is 2.21. The first-order chi connectivity index (χ1) is 8.33. The molecule has 0 radical (unpaired) electrons. The van der Waals surface area contributed by atoms with Gasteiger partial charge in [-0.3, -0.25) is 10.3 Å². The summed E-state index contributed by atoms with van der Waals surface area (Å²) in [5.41, 5.74) is 4.93. The van der Waals surface area contributed by atoms with Crippen molar-refractivity contribution < 1.29 is 0 Å². The van der Waals surface area contributed by atoms with Crippen LogP contribution in [0.2, 0.25) is 0 Å². The monoisotopic (exact) mass is 231 g/mol. The molecule has 0 bridgehead atoms. The summed E-state index contributed by atoms with van der Waals surface area (Å²) >= 11 is 0. The van der Waals surface area contributed by atoms with E-state index < -0.39 is 0 Å². The zero-order valence-electron chi connectivity index (χ0n) is 10.5. The lowest BCUT2D eigenvalue weighted by Gasteiger charge is -2.38. The minimum absolute atomic E-state index is 0.701. The molecule has 0 spiro atoms. The molecule has 17 heavy (non-hydrogen) atoms. The van der Waals surface area contributed by atoms with Crippen molar-refractivity contribution in [1.82, 2.24) is 15.3 Å². The Morgan fingerprint density at radius 2 is 2.06 bits per heavy atom. The van der Waals surface area contributed by atoms with Gasteiger partial charge in [-0.1, -0.05) is 37.3 Å². The number of rotatable bonds is 2. The fourth-order valence-electron chi connectivity index (χ4n) is 2.94. The molecule has 3 heteroatoms. The Morgan fingerprint density at radius 3 is 2.88 bits per heavy atom. The molecule has 2 aliphatic heterocycles.